The van der Waals surface area contributed by atoms with Crippen molar-refractivity contribution in [2.24, 2.45) is 0 Å². The van der Waals surface area contributed by atoms with Gasteiger partial charge in [0.2, 0.25) is 5.91 Å². The maximum absolute atomic E-state index is 12.1. The molecule has 1 aliphatic rings. The van der Waals surface area contributed by atoms with Crippen LogP contribution < -0.4 is 15.4 Å². The number of ether oxygens (including phenoxy) is 2. The highest BCUT2D eigenvalue weighted by molar-refractivity contribution is 5.91. The summed E-state index contributed by atoms with van der Waals surface area (Å²) < 4.78 is 10.5. The maximum atomic E-state index is 12.1. The molecule has 126 valence electrons. The van der Waals surface area contributed by atoms with Gasteiger partial charge < -0.3 is 25.0 Å². The summed E-state index contributed by atoms with van der Waals surface area (Å²) in [7, 11) is 1.47. The summed E-state index contributed by atoms with van der Waals surface area (Å²) >= 11 is 0. The Bertz CT molecular complexity index is 562. The molecule has 1 aromatic rings. The molecule has 3 amide bonds. The lowest BCUT2D eigenvalue weighted by molar-refractivity contribution is -0.119. The normalized spacial score (nSPS) is 13.6. The molecule has 0 saturated carbocycles. The highest BCUT2D eigenvalue weighted by Gasteiger charge is 2.20. The van der Waals surface area contributed by atoms with Crippen LogP contribution in [0, 0.1) is 0 Å². The summed E-state index contributed by atoms with van der Waals surface area (Å²) in [5, 5.41) is 5.62. The summed E-state index contributed by atoms with van der Waals surface area (Å²) in [4.78, 5) is 25.4. The van der Waals surface area contributed by atoms with Crippen LogP contribution in [0.4, 0.5) is 10.5 Å². The zero-order valence-electron chi connectivity index (χ0n) is 13.6. The van der Waals surface area contributed by atoms with E-state index in [4.69, 9.17) is 9.47 Å². The average molecular weight is 321 g/mol. The SMILES string of the molecule is CCCNC(=O)N1CCOc2ccc(NC(=O)COC)cc2C1. The fourth-order valence-corrected chi connectivity index (χ4v) is 2.32. The van der Waals surface area contributed by atoms with Crippen LogP contribution in [0.2, 0.25) is 0 Å². The number of carbonyl (C=O) groups is 2. The van der Waals surface area contributed by atoms with Crippen LogP contribution in [-0.4, -0.2) is 50.3 Å². The molecule has 0 spiro atoms. The molecule has 0 aromatic heterocycles. The number of nitrogens with one attached hydrogen (secondary N) is 2. The lowest BCUT2D eigenvalue weighted by atomic mass is 10.1. The van der Waals surface area contributed by atoms with Gasteiger partial charge in [0.1, 0.15) is 19.0 Å². The number of urea groups is 1. The number of methoxy groups -OCH3 is 1. The van der Waals surface area contributed by atoms with Crippen molar-refractivity contribution in [3.05, 3.63) is 23.8 Å². The van der Waals surface area contributed by atoms with Gasteiger partial charge in [-0.1, -0.05) is 6.92 Å². The van der Waals surface area contributed by atoms with Crippen molar-refractivity contribution in [1.82, 2.24) is 10.2 Å². The van der Waals surface area contributed by atoms with Crippen LogP contribution in [0.15, 0.2) is 18.2 Å². The van der Waals surface area contributed by atoms with Gasteiger partial charge in [0.05, 0.1) is 13.1 Å². The molecule has 23 heavy (non-hydrogen) atoms. The lowest BCUT2D eigenvalue weighted by Gasteiger charge is -2.20. The third-order valence-electron chi connectivity index (χ3n) is 3.41. The largest absolute Gasteiger partial charge is 0.491 e. The Morgan fingerprint density at radius 1 is 1.39 bits per heavy atom. The highest BCUT2D eigenvalue weighted by Crippen LogP contribution is 2.26. The molecule has 2 rings (SSSR count). The first-order valence-corrected chi connectivity index (χ1v) is 7.71. The zero-order valence-corrected chi connectivity index (χ0v) is 13.6. The number of hydrogen-bond donors (Lipinski definition) is 2. The molecule has 0 unspecified atom stereocenters. The molecule has 1 aromatic carbocycles. The van der Waals surface area contributed by atoms with Crippen molar-refractivity contribution >= 4 is 17.6 Å². The second-order valence-electron chi connectivity index (χ2n) is 5.31. The Kier molecular flexibility index (Phi) is 6.22. The Morgan fingerprint density at radius 3 is 2.96 bits per heavy atom. The minimum Gasteiger partial charge on any atom is -0.491 e. The quantitative estimate of drug-likeness (QED) is 0.863. The van der Waals surface area contributed by atoms with Crippen molar-refractivity contribution in [2.75, 3.05) is 38.7 Å². The summed E-state index contributed by atoms with van der Waals surface area (Å²) in [6.45, 7) is 4.07. The summed E-state index contributed by atoms with van der Waals surface area (Å²) in [5.74, 6) is 0.514. The van der Waals surface area contributed by atoms with Gasteiger partial charge >= 0.3 is 6.03 Å². The molecule has 1 aliphatic heterocycles. The predicted molar refractivity (Wildman–Crippen MR) is 86.5 cm³/mol. The monoisotopic (exact) mass is 321 g/mol. The van der Waals surface area contributed by atoms with Gasteiger partial charge in [-0.25, -0.2) is 4.79 Å². The van der Waals surface area contributed by atoms with Crippen molar-refractivity contribution in [3.8, 4) is 5.75 Å². The zero-order chi connectivity index (χ0) is 16.7. The summed E-state index contributed by atoms with van der Waals surface area (Å²) in [5.41, 5.74) is 1.52. The lowest BCUT2D eigenvalue weighted by Crippen LogP contribution is -2.40. The molecule has 7 nitrogen and oxygen atoms in total. The topological polar surface area (TPSA) is 79.9 Å². The van der Waals surface area contributed by atoms with Crippen LogP contribution >= 0.6 is 0 Å². The van der Waals surface area contributed by atoms with Crippen molar-refractivity contribution in [2.45, 2.75) is 19.9 Å². The van der Waals surface area contributed by atoms with Crippen LogP contribution in [0.3, 0.4) is 0 Å². The standard InChI is InChI=1S/C16H23N3O4/c1-3-6-17-16(21)19-7-8-23-14-5-4-13(9-12(14)10-19)18-15(20)11-22-2/h4-5,9H,3,6-8,10-11H2,1-2H3,(H,17,21)(H,18,20). The number of hydrogen-bond acceptors (Lipinski definition) is 4. The number of amides is 3. The Hall–Kier alpha value is -2.28. The fraction of sp³-hybridized carbons (Fsp3) is 0.500. The molecule has 0 saturated heterocycles. The maximum Gasteiger partial charge on any atom is 0.317 e. The van der Waals surface area contributed by atoms with E-state index in [-0.39, 0.29) is 18.5 Å². The molecular weight excluding hydrogens is 298 g/mol. The molecular formula is C16H23N3O4. The number of nitrogens with zero attached hydrogens (tertiary/aromatic N) is 1. The first-order chi connectivity index (χ1) is 11.1. The van der Waals surface area contributed by atoms with Gasteiger partial charge in [0.15, 0.2) is 0 Å². The van der Waals surface area contributed by atoms with Crippen LogP contribution in [0.5, 0.6) is 5.75 Å². The number of rotatable bonds is 5. The minimum absolute atomic E-state index is 0.000860. The Labute approximate surface area is 135 Å². The minimum atomic E-state index is -0.223. The first kappa shape index (κ1) is 17.1. The molecule has 7 heteroatoms. The number of anilines is 1. The average Bonchev–Trinajstić information content (AvgIpc) is 2.74. The van der Waals surface area contributed by atoms with Gasteiger partial charge in [-0.2, -0.15) is 0 Å². The Morgan fingerprint density at radius 2 is 2.22 bits per heavy atom. The van der Waals surface area contributed by atoms with Gasteiger partial charge in [-0.15, -0.1) is 0 Å². The van der Waals surface area contributed by atoms with E-state index in [1.165, 1.54) is 7.11 Å². The third-order valence-corrected chi connectivity index (χ3v) is 3.41. The highest BCUT2D eigenvalue weighted by atomic mass is 16.5. The van der Waals surface area contributed by atoms with E-state index in [1.54, 1.807) is 11.0 Å². The van der Waals surface area contributed by atoms with E-state index in [9.17, 15) is 9.59 Å². The number of benzene rings is 1. The van der Waals surface area contributed by atoms with Crippen LogP contribution in [0.1, 0.15) is 18.9 Å². The first-order valence-electron chi connectivity index (χ1n) is 7.71. The van der Waals surface area contributed by atoms with E-state index >= 15 is 0 Å². The smallest absolute Gasteiger partial charge is 0.317 e. The van der Waals surface area contributed by atoms with Crippen LogP contribution in [-0.2, 0) is 16.1 Å². The molecule has 0 bridgehead atoms. The molecule has 1 heterocycles. The van der Waals surface area contributed by atoms with Crippen molar-refractivity contribution < 1.29 is 19.1 Å². The molecule has 0 fully saturated rings. The van der Waals surface area contributed by atoms with E-state index in [2.05, 4.69) is 10.6 Å². The summed E-state index contributed by atoms with van der Waals surface area (Å²) in [6, 6.07) is 5.32. The van der Waals surface area contributed by atoms with E-state index in [0.29, 0.717) is 31.9 Å². The van der Waals surface area contributed by atoms with Crippen molar-refractivity contribution in [3.63, 3.8) is 0 Å². The molecule has 0 aliphatic carbocycles. The summed E-state index contributed by atoms with van der Waals surface area (Å²) in [6.07, 6.45) is 0.891. The predicted octanol–water partition coefficient (Wildman–Crippen LogP) is 1.59. The molecule has 2 N–H and O–H groups in total. The van der Waals surface area contributed by atoms with Gasteiger partial charge in [0.25, 0.3) is 0 Å². The Balaban J connectivity index is 2.09. The van der Waals surface area contributed by atoms with E-state index in [1.807, 2.05) is 19.1 Å². The van der Waals surface area contributed by atoms with E-state index in [0.717, 1.165) is 17.7 Å². The molecule has 0 radical (unpaired) electrons. The number of carbonyl (C=O) groups excluding carboxylic acids is 2. The third kappa shape index (κ3) is 4.85. The second kappa shape index (κ2) is 8.38. The fourth-order valence-electron chi connectivity index (χ4n) is 2.32. The van der Waals surface area contributed by atoms with Crippen LogP contribution in [0.25, 0.3) is 0 Å². The van der Waals surface area contributed by atoms with E-state index < -0.39 is 0 Å². The van der Waals surface area contributed by atoms with Gasteiger partial charge in [-0.3, -0.25) is 4.79 Å². The second-order valence-corrected chi connectivity index (χ2v) is 5.31. The van der Waals surface area contributed by atoms with Gasteiger partial charge in [0, 0.05) is 24.9 Å². The number of fused-ring (bicyclic) bond motifs is 1. The van der Waals surface area contributed by atoms with Crippen molar-refractivity contribution in [1.29, 1.82) is 0 Å². The molecule has 0 atom stereocenters. The van der Waals surface area contributed by atoms with Gasteiger partial charge in [-0.05, 0) is 24.6 Å².